The maximum Gasteiger partial charge on any atom is 0.279 e. The SMILES string of the molecule is CC(C)CC(NC(=O)C([NH3+])Cc1ccccc1)C(N)=O. The summed E-state index contributed by atoms with van der Waals surface area (Å²) in [4.78, 5) is 23.4. The maximum atomic E-state index is 12.1. The van der Waals surface area contributed by atoms with Gasteiger partial charge in [-0.3, -0.25) is 9.59 Å². The van der Waals surface area contributed by atoms with Crippen molar-refractivity contribution >= 4 is 11.8 Å². The second-order valence-corrected chi connectivity index (χ2v) is 5.48. The molecule has 20 heavy (non-hydrogen) atoms. The molecule has 0 saturated carbocycles. The molecule has 2 atom stereocenters. The van der Waals surface area contributed by atoms with E-state index in [4.69, 9.17) is 5.73 Å². The molecule has 0 aliphatic carbocycles. The van der Waals surface area contributed by atoms with Crippen molar-refractivity contribution in [2.24, 2.45) is 11.7 Å². The Labute approximate surface area is 119 Å². The summed E-state index contributed by atoms with van der Waals surface area (Å²) in [6, 6.07) is 8.61. The molecule has 1 aromatic rings. The minimum absolute atomic E-state index is 0.238. The highest BCUT2D eigenvalue weighted by molar-refractivity contribution is 5.88. The molecule has 0 radical (unpaired) electrons. The van der Waals surface area contributed by atoms with Gasteiger partial charge in [0.15, 0.2) is 6.04 Å². The van der Waals surface area contributed by atoms with Crippen molar-refractivity contribution in [2.75, 3.05) is 0 Å². The van der Waals surface area contributed by atoms with Crippen molar-refractivity contribution in [2.45, 2.75) is 38.8 Å². The van der Waals surface area contributed by atoms with Gasteiger partial charge < -0.3 is 16.8 Å². The van der Waals surface area contributed by atoms with Gasteiger partial charge in [-0.2, -0.15) is 0 Å². The van der Waals surface area contributed by atoms with Crippen molar-refractivity contribution in [3.8, 4) is 0 Å². The van der Waals surface area contributed by atoms with Gasteiger partial charge in [0.2, 0.25) is 5.91 Å². The van der Waals surface area contributed by atoms with E-state index >= 15 is 0 Å². The number of benzene rings is 1. The Hall–Kier alpha value is -1.88. The van der Waals surface area contributed by atoms with Crippen LogP contribution in [-0.2, 0) is 16.0 Å². The van der Waals surface area contributed by atoms with Gasteiger partial charge in [0.05, 0.1) is 0 Å². The molecular weight excluding hydrogens is 254 g/mol. The van der Waals surface area contributed by atoms with Gasteiger partial charge in [0.25, 0.3) is 5.91 Å². The molecule has 0 heterocycles. The number of carbonyl (C=O) groups is 2. The monoisotopic (exact) mass is 278 g/mol. The number of rotatable bonds is 7. The molecule has 6 N–H and O–H groups in total. The van der Waals surface area contributed by atoms with Crippen molar-refractivity contribution in [3.05, 3.63) is 35.9 Å². The largest absolute Gasteiger partial charge is 0.368 e. The van der Waals surface area contributed by atoms with Crippen LogP contribution in [0.15, 0.2) is 30.3 Å². The van der Waals surface area contributed by atoms with E-state index in [1.54, 1.807) is 0 Å². The molecule has 2 amide bonds. The lowest BCUT2D eigenvalue weighted by Crippen LogP contribution is -2.69. The molecule has 2 unspecified atom stereocenters. The molecule has 0 aliphatic rings. The molecule has 0 spiro atoms. The number of hydrogen-bond donors (Lipinski definition) is 3. The Morgan fingerprint density at radius 3 is 2.35 bits per heavy atom. The number of amides is 2. The third-order valence-electron chi connectivity index (χ3n) is 3.06. The zero-order valence-corrected chi connectivity index (χ0v) is 12.1. The van der Waals surface area contributed by atoms with Crippen LogP contribution < -0.4 is 16.8 Å². The van der Waals surface area contributed by atoms with E-state index in [0.29, 0.717) is 12.8 Å². The zero-order valence-electron chi connectivity index (χ0n) is 12.1. The summed E-state index contributed by atoms with van der Waals surface area (Å²) in [6.07, 6.45) is 1.08. The van der Waals surface area contributed by atoms with Crippen molar-refractivity contribution in [1.29, 1.82) is 0 Å². The lowest BCUT2D eigenvalue weighted by Gasteiger charge is -2.18. The predicted octanol–water partition coefficient (Wildman–Crippen LogP) is -0.144. The number of nitrogens with one attached hydrogen (secondary N) is 1. The summed E-state index contributed by atoms with van der Waals surface area (Å²) in [7, 11) is 0. The van der Waals surface area contributed by atoms with Gasteiger partial charge in [-0.25, -0.2) is 0 Å². The van der Waals surface area contributed by atoms with Crippen LogP contribution in [0, 0.1) is 5.92 Å². The Bertz CT molecular complexity index is 446. The normalized spacial score (nSPS) is 13.8. The summed E-state index contributed by atoms with van der Waals surface area (Å²) >= 11 is 0. The van der Waals surface area contributed by atoms with E-state index in [9.17, 15) is 9.59 Å². The molecule has 110 valence electrons. The maximum absolute atomic E-state index is 12.1. The fraction of sp³-hybridized carbons (Fsp3) is 0.467. The Morgan fingerprint density at radius 1 is 1.25 bits per heavy atom. The molecule has 0 aromatic heterocycles. The fourth-order valence-electron chi connectivity index (χ4n) is 2.00. The molecule has 5 nitrogen and oxygen atoms in total. The lowest BCUT2D eigenvalue weighted by molar-refractivity contribution is -0.403. The first-order chi connectivity index (χ1) is 9.40. The molecule has 0 bridgehead atoms. The lowest BCUT2D eigenvalue weighted by atomic mass is 10.0. The quantitative estimate of drug-likeness (QED) is 0.646. The molecule has 1 aromatic carbocycles. The summed E-state index contributed by atoms with van der Waals surface area (Å²) in [5, 5.41) is 2.69. The van der Waals surface area contributed by atoms with E-state index in [2.05, 4.69) is 11.1 Å². The molecule has 0 fully saturated rings. The average Bonchev–Trinajstić information content (AvgIpc) is 2.38. The van der Waals surface area contributed by atoms with Gasteiger partial charge >= 0.3 is 0 Å². The summed E-state index contributed by atoms with van der Waals surface area (Å²) in [5.74, 6) is -0.456. The fourth-order valence-corrected chi connectivity index (χ4v) is 2.00. The smallest absolute Gasteiger partial charge is 0.279 e. The highest BCUT2D eigenvalue weighted by Gasteiger charge is 2.24. The van der Waals surface area contributed by atoms with Crippen molar-refractivity contribution in [1.82, 2.24) is 5.32 Å². The first-order valence-electron chi connectivity index (χ1n) is 6.86. The van der Waals surface area contributed by atoms with Crippen molar-refractivity contribution in [3.63, 3.8) is 0 Å². The minimum Gasteiger partial charge on any atom is -0.368 e. The van der Waals surface area contributed by atoms with Gasteiger partial charge in [0.1, 0.15) is 6.04 Å². The highest BCUT2D eigenvalue weighted by atomic mass is 16.2. The van der Waals surface area contributed by atoms with Gasteiger partial charge in [-0.05, 0) is 17.9 Å². The van der Waals surface area contributed by atoms with Crippen LogP contribution >= 0.6 is 0 Å². The van der Waals surface area contributed by atoms with Crippen LogP contribution in [0.2, 0.25) is 0 Å². The van der Waals surface area contributed by atoms with Crippen LogP contribution in [0.3, 0.4) is 0 Å². The molecule has 0 aliphatic heterocycles. The number of primary amides is 1. The standard InChI is InChI=1S/C15H23N3O2/c1-10(2)8-13(14(17)19)18-15(20)12(16)9-11-6-4-3-5-7-11/h3-7,10,12-13H,8-9,16H2,1-2H3,(H2,17,19)(H,18,20)/p+1. The first kappa shape index (κ1) is 16.2. The van der Waals surface area contributed by atoms with E-state index < -0.39 is 18.0 Å². The predicted molar refractivity (Wildman–Crippen MR) is 77.4 cm³/mol. The summed E-state index contributed by atoms with van der Waals surface area (Å²) in [5.41, 5.74) is 10.2. The molecular formula is C15H24N3O2+. The minimum atomic E-state index is -0.623. The Morgan fingerprint density at radius 2 is 1.85 bits per heavy atom. The number of quaternary nitrogens is 1. The van der Waals surface area contributed by atoms with Gasteiger partial charge in [-0.15, -0.1) is 0 Å². The average molecular weight is 278 g/mol. The second-order valence-electron chi connectivity index (χ2n) is 5.48. The first-order valence-corrected chi connectivity index (χ1v) is 6.86. The van der Waals surface area contributed by atoms with Crippen LogP contribution in [0.25, 0.3) is 0 Å². The van der Waals surface area contributed by atoms with Crippen LogP contribution in [0.5, 0.6) is 0 Å². The highest BCUT2D eigenvalue weighted by Crippen LogP contribution is 2.05. The van der Waals surface area contributed by atoms with Gasteiger partial charge in [-0.1, -0.05) is 44.2 Å². The van der Waals surface area contributed by atoms with E-state index in [-0.39, 0.29) is 11.8 Å². The molecule has 0 saturated heterocycles. The Kier molecular flexibility index (Phi) is 6.18. The second kappa shape index (κ2) is 7.65. The topological polar surface area (TPSA) is 99.8 Å². The van der Waals surface area contributed by atoms with Crippen LogP contribution in [0.4, 0.5) is 0 Å². The van der Waals surface area contributed by atoms with Gasteiger partial charge in [0, 0.05) is 6.42 Å². The van der Waals surface area contributed by atoms with Crippen LogP contribution in [0.1, 0.15) is 25.8 Å². The summed E-state index contributed by atoms with van der Waals surface area (Å²) in [6.45, 7) is 3.96. The number of hydrogen-bond acceptors (Lipinski definition) is 2. The third-order valence-corrected chi connectivity index (χ3v) is 3.06. The number of nitrogens with two attached hydrogens (primary N) is 1. The van der Waals surface area contributed by atoms with Crippen LogP contribution in [-0.4, -0.2) is 23.9 Å². The Balaban J connectivity index is 2.57. The molecule has 5 heteroatoms. The summed E-state index contributed by atoms with van der Waals surface area (Å²) < 4.78 is 0. The molecule has 1 rings (SSSR count). The van der Waals surface area contributed by atoms with E-state index in [0.717, 1.165) is 5.56 Å². The van der Waals surface area contributed by atoms with E-state index in [1.165, 1.54) is 0 Å². The number of carbonyl (C=O) groups excluding carboxylic acids is 2. The third kappa shape index (κ3) is 5.40. The van der Waals surface area contributed by atoms with E-state index in [1.807, 2.05) is 44.2 Å². The zero-order chi connectivity index (χ0) is 15.1. The van der Waals surface area contributed by atoms with Crippen molar-refractivity contribution < 1.29 is 15.3 Å².